The number of piperidine rings is 1. The van der Waals surface area contributed by atoms with Crippen molar-refractivity contribution < 1.29 is 14.3 Å². The zero-order chi connectivity index (χ0) is 26.6. The first-order valence-corrected chi connectivity index (χ1v) is 15.3. The smallest absolute Gasteiger partial charge is 0.308 e. The van der Waals surface area contributed by atoms with E-state index in [9.17, 15) is 4.79 Å². The van der Waals surface area contributed by atoms with Crippen molar-refractivity contribution in [1.29, 1.82) is 0 Å². The number of pyridine rings is 1. The van der Waals surface area contributed by atoms with Gasteiger partial charge in [-0.05, 0) is 75.0 Å². The molecule has 3 aromatic rings. The normalized spacial score (nSPS) is 22.4. The van der Waals surface area contributed by atoms with Gasteiger partial charge in [0.05, 0.1) is 19.1 Å². The highest BCUT2D eigenvalue weighted by Gasteiger charge is 2.29. The van der Waals surface area contributed by atoms with E-state index in [2.05, 4.69) is 51.5 Å². The van der Waals surface area contributed by atoms with Gasteiger partial charge in [0.1, 0.15) is 15.8 Å². The maximum atomic E-state index is 11.8. The van der Waals surface area contributed by atoms with Crippen LogP contribution in [0.15, 0.2) is 42.6 Å². The topological polar surface area (TPSA) is 77.4 Å². The van der Waals surface area contributed by atoms with Gasteiger partial charge in [0.15, 0.2) is 0 Å². The fraction of sp³-hybridized carbons (Fsp3) is 0.548. The van der Waals surface area contributed by atoms with Crippen molar-refractivity contribution in [3.8, 4) is 21.7 Å². The molecule has 3 aliphatic rings. The number of anilines is 1. The van der Waals surface area contributed by atoms with Gasteiger partial charge < -0.3 is 14.4 Å². The van der Waals surface area contributed by atoms with Crippen LogP contribution < -0.4 is 4.90 Å². The summed E-state index contributed by atoms with van der Waals surface area (Å²) in [5.41, 5.74) is 3.34. The Morgan fingerprint density at radius 1 is 0.897 bits per heavy atom. The summed E-state index contributed by atoms with van der Waals surface area (Å²) in [6, 6.07) is 12.8. The summed E-state index contributed by atoms with van der Waals surface area (Å²) in [5, 5.41) is 11.0. The summed E-state index contributed by atoms with van der Waals surface area (Å²) in [6.07, 6.45) is 12.3. The summed E-state index contributed by atoms with van der Waals surface area (Å²) < 4.78 is 11.1. The lowest BCUT2D eigenvalue weighted by atomic mass is 9.82. The number of ether oxygens (including phenoxy) is 2. The first kappa shape index (κ1) is 26.4. The number of hydrogen-bond acceptors (Lipinski definition) is 8. The van der Waals surface area contributed by atoms with E-state index < -0.39 is 0 Å². The molecule has 0 spiro atoms. The maximum Gasteiger partial charge on any atom is 0.308 e. The third-order valence-corrected chi connectivity index (χ3v) is 9.96. The maximum absolute atomic E-state index is 11.8. The van der Waals surface area contributed by atoms with E-state index in [1.165, 1.54) is 26.4 Å². The van der Waals surface area contributed by atoms with E-state index in [0.717, 1.165) is 96.7 Å². The van der Waals surface area contributed by atoms with Gasteiger partial charge in [0, 0.05) is 42.9 Å². The van der Waals surface area contributed by atoms with Gasteiger partial charge in [-0.1, -0.05) is 42.0 Å². The van der Waals surface area contributed by atoms with Crippen LogP contribution in [-0.2, 0) is 14.3 Å². The fourth-order valence-corrected chi connectivity index (χ4v) is 7.01. The molecule has 1 saturated heterocycles. The lowest BCUT2D eigenvalue weighted by molar-refractivity contribution is -0.146. The number of benzene rings is 1. The second-order valence-electron chi connectivity index (χ2n) is 11.3. The monoisotopic (exact) mass is 546 g/mol. The summed E-state index contributed by atoms with van der Waals surface area (Å²) in [7, 11) is 1.47. The number of aromatic nitrogens is 3. The summed E-state index contributed by atoms with van der Waals surface area (Å²) in [4.78, 5) is 19.0. The standard InChI is InChI=1S/C31H38N4O3S/c1-37-31(36)25-11-9-24(10-12-25)30-34-33-29(39-30)23-7-5-22(6-8-23)26-13-14-28(32-19-26)35-17-15-27(16-18-35)38-20-21-3-2-4-21/h5-8,13-14,19,21,24-25,27H,2-4,9-12,15-18,20H2,1H3. The van der Waals surface area contributed by atoms with Crippen molar-refractivity contribution in [3.63, 3.8) is 0 Å². The molecule has 3 heterocycles. The number of methoxy groups -OCH3 is 1. The molecule has 0 atom stereocenters. The molecule has 2 aromatic heterocycles. The lowest BCUT2D eigenvalue weighted by Crippen LogP contribution is -2.38. The SMILES string of the molecule is COC(=O)C1CCC(c2nnc(-c3ccc(-c4ccc(N5CCC(OCC6CCC6)CC5)nc4)cc3)s2)CC1. The quantitative estimate of drug-likeness (QED) is 0.299. The van der Waals surface area contributed by atoms with E-state index in [-0.39, 0.29) is 11.9 Å². The zero-order valence-electron chi connectivity index (χ0n) is 22.8. The summed E-state index contributed by atoms with van der Waals surface area (Å²) >= 11 is 1.67. The third kappa shape index (κ3) is 6.17. The predicted molar refractivity (Wildman–Crippen MR) is 154 cm³/mol. The zero-order valence-corrected chi connectivity index (χ0v) is 23.6. The second kappa shape index (κ2) is 12.1. The molecule has 7 nitrogen and oxygen atoms in total. The molecule has 206 valence electrons. The van der Waals surface area contributed by atoms with Crippen LogP contribution in [0.5, 0.6) is 0 Å². The molecule has 39 heavy (non-hydrogen) atoms. The molecule has 0 amide bonds. The molecule has 8 heteroatoms. The van der Waals surface area contributed by atoms with Crippen molar-refractivity contribution in [1.82, 2.24) is 15.2 Å². The van der Waals surface area contributed by atoms with Crippen molar-refractivity contribution in [2.45, 2.75) is 69.8 Å². The first-order valence-electron chi connectivity index (χ1n) is 14.5. The Balaban J connectivity index is 1.02. The molecule has 0 bridgehead atoms. The number of rotatable bonds is 8. The van der Waals surface area contributed by atoms with Crippen molar-refractivity contribution in [2.75, 3.05) is 31.7 Å². The van der Waals surface area contributed by atoms with Gasteiger partial charge in [0.25, 0.3) is 0 Å². The van der Waals surface area contributed by atoms with Gasteiger partial charge in [-0.15, -0.1) is 10.2 Å². The Kier molecular flexibility index (Phi) is 8.21. The summed E-state index contributed by atoms with van der Waals surface area (Å²) in [5.74, 6) is 2.19. The van der Waals surface area contributed by atoms with Crippen LogP contribution in [0.4, 0.5) is 5.82 Å². The van der Waals surface area contributed by atoms with E-state index >= 15 is 0 Å². The average molecular weight is 547 g/mol. The summed E-state index contributed by atoms with van der Waals surface area (Å²) in [6.45, 7) is 2.97. The Morgan fingerprint density at radius 3 is 2.26 bits per heavy atom. The Bertz CT molecular complexity index is 1230. The van der Waals surface area contributed by atoms with E-state index in [4.69, 9.17) is 14.5 Å². The third-order valence-electron chi connectivity index (χ3n) is 8.82. The molecule has 0 N–H and O–H groups in total. The average Bonchev–Trinajstić information content (AvgIpc) is 3.47. The van der Waals surface area contributed by atoms with Crippen LogP contribution in [0, 0.1) is 11.8 Å². The van der Waals surface area contributed by atoms with Crippen LogP contribution in [-0.4, -0.2) is 54.1 Å². The highest BCUT2D eigenvalue weighted by molar-refractivity contribution is 7.14. The molecule has 3 fully saturated rings. The minimum Gasteiger partial charge on any atom is -0.469 e. The number of esters is 1. The van der Waals surface area contributed by atoms with E-state index in [1.54, 1.807) is 11.3 Å². The largest absolute Gasteiger partial charge is 0.469 e. The molecule has 1 aromatic carbocycles. The Labute approximate surface area is 235 Å². The Morgan fingerprint density at radius 2 is 1.62 bits per heavy atom. The first-order chi connectivity index (χ1) is 19.2. The molecule has 2 saturated carbocycles. The van der Waals surface area contributed by atoms with Gasteiger partial charge in [-0.25, -0.2) is 4.98 Å². The van der Waals surface area contributed by atoms with Gasteiger partial charge in [0.2, 0.25) is 0 Å². The number of carbonyl (C=O) groups excluding carboxylic acids is 1. The molecule has 1 aliphatic heterocycles. The fourth-order valence-electron chi connectivity index (χ4n) is 5.99. The minimum atomic E-state index is -0.0826. The van der Waals surface area contributed by atoms with Crippen molar-refractivity contribution in [3.05, 3.63) is 47.6 Å². The number of carbonyl (C=O) groups is 1. The van der Waals surface area contributed by atoms with Crippen LogP contribution in [0.3, 0.4) is 0 Å². The Hall–Kier alpha value is -2.84. The van der Waals surface area contributed by atoms with Crippen molar-refractivity contribution >= 4 is 23.1 Å². The van der Waals surface area contributed by atoms with Crippen molar-refractivity contribution in [2.24, 2.45) is 11.8 Å². The molecule has 6 rings (SSSR count). The van der Waals surface area contributed by atoms with Gasteiger partial charge >= 0.3 is 5.97 Å². The van der Waals surface area contributed by atoms with Crippen LogP contribution in [0.25, 0.3) is 21.7 Å². The van der Waals surface area contributed by atoms with Crippen LogP contribution in [0.2, 0.25) is 0 Å². The van der Waals surface area contributed by atoms with E-state index in [0.29, 0.717) is 12.0 Å². The molecule has 0 unspecified atom stereocenters. The van der Waals surface area contributed by atoms with Gasteiger partial charge in [-0.3, -0.25) is 4.79 Å². The predicted octanol–water partition coefficient (Wildman–Crippen LogP) is 6.50. The number of hydrogen-bond donors (Lipinski definition) is 0. The number of nitrogens with zero attached hydrogens (tertiary/aromatic N) is 4. The highest BCUT2D eigenvalue weighted by Crippen LogP contribution is 2.39. The molecule has 2 aliphatic carbocycles. The second-order valence-corrected chi connectivity index (χ2v) is 12.3. The molecular formula is C31H38N4O3S. The van der Waals surface area contributed by atoms with Crippen LogP contribution in [0.1, 0.15) is 68.7 Å². The lowest BCUT2D eigenvalue weighted by Gasteiger charge is -2.34. The van der Waals surface area contributed by atoms with E-state index in [1.807, 2.05) is 6.20 Å². The molecular weight excluding hydrogens is 508 g/mol. The molecule has 0 radical (unpaired) electrons. The highest BCUT2D eigenvalue weighted by atomic mass is 32.1. The minimum absolute atomic E-state index is 0.0304. The van der Waals surface area contributed by atoms with Crippen LogP contribution >= 0.6 is 11.3 Å². The van der Waals surface area contributed by atoms with Gasteiger partial charge in [-0.2, -0.15) is 0 Å².